The van der Waals surface area contributed by atoms with Gasteiger partial charge in [0.1, 0.15) is 0 Å². The molecule has 0 fully saturated rings. The number of hydrogen-bond donors (Lipinski definition) is 1. The molecule has 0 saturated heterocycles. The van der Waals surface area contributed by atoms with Crippen molar-refractivity contribution in [2.75, 3.05) is 13.6 Å². The van der Waals surface area contributed by atoms with Crippen LogP contribution in [-0.4, -0.2) is 13.6 Å². The standard InChI is InChI=1S/C12H19N.C2H6/c1-13-11-7-6-10-12-8-4-2-3-5-9-12;1-2/h2,4-5,8-9,13H,3,6-7,10-11H2,1H3;1-2H3. The predicted molar refractivity (Wildman–Crippen MR) is 70.1 cm³/mol. The lowest BCUT2D eigenvalue weighted by Gasteiger charge is -2.00. The Bertz CT molecular complexity index is 211. The minimum absolute atomic E-state index is 1.08. The lowest BCUT2D eigenvalue weighted by molar-refractivity contribution is 0.678. The highest BCUT2D eigenvalue weighted by molar-refractivity contribution is 5.27. The number of hydrogen-bond acceptors (Lipinski definition) is 1. The van der Waals surface area contributed by atoms with Gasteiger partial charge in [-0.1, -0.05) is 44.2 Å². The van der Waals surface area contributed by atoms with Crippen molar-refractivity contribution in [2.24, 2.45) is 0 Å². The van der Waals surface area contributed by atoms with Crippen LogP contribution in [0.2, 0.25) is 0 Å². The summed E-state index contributed by atoms with van der Waals surface area (Å²) in [5.74, 6) is 0. The van der Waals surface area contributed by atoms with Gasteiger partial charge in [0.05, 0.1) is 0 Å². The van der Waals surface area contributed by atoms with Crippen molar-refractivity contribution in [1.82, 2.24) is 5.32 Å². The molecule has 0 aliphatic heterocycles. The van der Waals surface area contributed by atoms with Gasteiger partial charge in [-0.2, -0.15) is 0 Å². The van der Waals surface area contributed by atoms with Gasteiger partial charge in [0, 0.05) is 0 Å². The molecule has 15 heavy (non-hydrogen) atoms. The lowest BCUT2D eigenvalue weighted by Crippen LogP contribution is -2.06. The number of rotatable bonds is 5. The average Bonchev–Trinajstić information content (AvgIpc) is 2.56. The van der Waals surface area contributed by atoms with Crippen molar-refractivity contribution in [3.63, 3.8) is 0 Å². The molecule has 0 unspecified atom stereocenters. The Morgan fingerprint density at radius 1 is 1.20 bits per heavy atom. The minimum Gasteiger partial charge on any atom is -0.320 e. The van der Waals surface area contributed by atoms with E-state index in [4.69, 9.17) is 0 Å². The van der Waals surface area contributed by atoms with Crippen molar-refractivity contribution in [3.8, 4) is 0 Å². The molecule has 0 saturated carbocycles. The van der Waals surface area contributed by atoms with Crippen molar-refractivity contribution in [1.29, 1.82) is 0 Å². The van der Waals surface area contributed by atoms with Crippen LogP contribution in [0, 0.1) is 0 Å². The van der Waals surface area contributed by atoms with E-state index in [1.54, 1.807) is 0 Å². The summed E-state index contributed by atoms with van der Waals surface area (Å²) in [5, 5.41) is 3.17. The molecule has 86 valence electrons. The van der Waals surface area contributed by atoms with Gasteiger partial charge < -0.3 is 5.32 Å². The van der Waals surface area contributed by atoms with Crippen molar-refractivity contribution in [3.05, 3.63) is 36.0 Å². The SMILES string of the molecule is CC.CNCCCCC1=CC=CCC=C1. The highest BCUT2D eigenvalue weighted by Gasteiger charge is 1.93. The molecule has 1 N–H and O–H groups in total. The molecule has 0 aromatic carbocycles. The second-order valence-electron chi connectivity index (χ2n) is 3.37. The maximum Gasteiger partial charge on any atom is -0.00518 e. The second-order valence-corrected chi connectivity index (χ2v) is 3.37. The zero-order valence-electron chi connectivity index (χ0n) is 10.4. The zero-order chi connectivity index (χ0) is 11.4. The van der Waals surface area contributed by atoms with Crippen molar-refractivity contribution >= 4 is 0 Å². The van der Waals surface area contributed by atoms with E-state index in [1.165, 1.54) is 24.8 Å². The monoisotopic (exact) mass is 207 g/mol. The van der Waals surface area contributed by atoms with Crippen LogP contribution in [0.25, 0.3) is 0 Å². The first kappa shape index (κ1) is 14.2. The third kappa shape index (κ3) is 8.19. The molecular weight excluding hydrogens is 182 g/mol. The van der Waals surface area contributed by atoms with E-state index in [0.717, 1.165) is 13.0 Å². The van der Waals surface area contributed by atoms with E-state index in [1.807, 2.05) is 20.9 Å². The molecule has 1 aliphatic carbocycles. The van der Waals surface area contributed by atoms with Crippen LogP contribution >= 0.6 is 0 Å². The quantitative estimate of drug-likeness (QED) is 0.675. The van der Waals surface area contributed by atoms with Crippen LogP contribution in [0.4, 0.5) is 0 Å². The smallest absolute Gasteiger partial charge is 0.00518 e. The molecule has 0 bridgehead atoms. The van der Waals surface area contributed by atoms with E-state index in [9.17, 15) is 0 Å². The van der Waals surface area contributed by atoms with Gasteiger partial charge in [-0.15, -0.1) is 0 Å². The van der Waals surface area contributed by atoms with Gasteiger partial charge >= 0.3 is 0 Å². The van der Waals surface area contributed by atoms with Crippen LogP contribution in [0.5, 0.6) is 0 Å². The first-order chi connectivity index (χ1) is 7.43. The number of nitrogens with one attached hydrogen (secondary N) is 1. The highest BCUT2D eigenvalue weighted by atomic mass is 14.8. The summed E-state index contributed by atoms with van der Waals surface area (Å²) in [5.41, 5.74) is 1.46. The van der Waals surface area contributed by atoms with E-state index >= 15 is 0 Å². The van der Waals surface area contributed by atoms with Crippen LogP contribution in [0.3, 0.4) is 0 Å². The molecule has 1 nitrogen and oxygen atoms in total. The Balaban J connectivity index is 0.000000921. The molecule has 0 aromatic heterocycles. The third-order valence-electron chi connectivity index (χ3n) is 2.19. The fourth-order valence-corrected chi connectivity index (χ4v) is 1.42. The molecule has 0 aromatic rings. The summed E-state index contributed by atoms with van der Waals surface area (Å²) in [6.45, 7) is 5.13. The van der Waals surface area contributed by atoms with E-state index < -0.39 is 0 Å². The second kappa shape index (κ2) is 11.3. The number of allylic oxidation sites excluding steroid dienone is 6. The fourth-order valence-electron chi connectivity index (χ4n) is 1.42. The summed E-state index contributed by atoms with van der Waals surface area (Å²) < 4.78 is 0. The first-order valence-electron chi connectivity index (χ1n) is 6.10. The third-order valence-corrected chi connectivity index (χ3v) is 2.19. The minimum atomic E-state index is 1.08. The Morgan fingerprint density at radius 3 is 2.73 bits per heavy atom. The topological polar surface area (TPSA) is 12.0 Å². The maximum atomic E-state index is 3.17. The van der Waals surface area contributed by atoms with Crippen molar-refractivity contribution < 1.29 is 0 Å². The molecule has 1 rings (SSSR count). The maximum absolute atomic E-state index is 3.17. The molecule has 0 radical (unpaired) electrons. The van der Waals surface area contributed by atoms with Gasteiger partial charge in [0.2, 0.25) is 0 Å². The summed E-state index contributed by atoms with van der Waals surface area (Å²) in [7, 11) is 2.01. The van der Waals surface area contributed by atoms with Gasteiger partial charge in [0.25, 0.3) is 0 Å². The highest BCUT2D eigenvalue weighted by Crippen LogP contribution is 2.11. The molecule has 0 spiro atoms. The molecule has 1 heteroatoms. The molecule has 0 atom stereocenters. The van der Waals surface area contributed by atoms with Gasteiger partial charge in [-0.05, 0) is 44.8 Å². The number of unbranched alkanes of at least 4 members (excludes halogenated alkanes) is 1. The van der Waals surface area contributed by atoms with Gasteiger partial charge in [0.15, 0.2) is 0 Å². The Morgan fingerprint density at radius 2 is 2.00 bits per heavy atom. The molecular formula is C14H25N. The Hall–Kier alpha value is -0.820. The average molecular weight is 207 g/mol. The molecule has 0 heterocycles. The Kier molecular flexibility index (Phi) is 10.6. The van der Waals surface area contributed by atoms with Crippen LogP contribution in [-0.2, 0) is 0 Å². The predicted octanol–water partition coefficient (Wildman–Crippen LogP) is 3.84. The summed E-state index contributed by atoms with van der Waals surface area (Å²) >= 11 is 0. The fraction of sp³-hybridized carbons (Fsp3) is 0.571. The van der Waals surface area contributed by atoms with Gasteiger partial charge in [-0.3, -0.25) is 0 Å². The summed E-state index contributed by atoms with van der Waals surface area (Å²) in [4.78, 5) is 0. The van der Waals surface area contributed by atoms with Gasteiger partial charge in [-0.25, -0.2) is 0 Å². The van der Waals surface area contributed by atoms with E-state index in [-0.39, 0.29) is 0 Å². The zero-order valence-corrected chi connectivity index (χ0v) is 10.4. The van der Waals surface area contributed by atoms with Crippen LogP contribution in [0.1, 0.15) is 39.5 Å². The summed E-state index contributed by atoms with van der Waals surface area (Å²) in [6, 6.07) is 0. The molecule has 0 amide bonds. The normalized spacial score (nSPS) is 13.9. The Labute approximate surface area is 95.0 Å². The van der Waals surface area contributed by atoms with Crippen LogP contribution in [0.15, 0.2) is 36.0 Å². The van der Waals surface area contributed by atoms with Crippen molar-refractivity contribution in [2.45, 2.75) is 39.5 Å². The van der Waals surface area contributed by atoms with Crippen LogP contribution < -0.4 is 5.32 Å². The largest absolute Gasteiger partial charge is 0.320 e. The van der Waals surface area contributed by atoms with E-state index in [0.29, 0.717) is 0 Å². The summed E-state index contributed by atoms with van der Waals surface area (Å²) in [6.07, 6.45) is 15.9. The first-order valence-corrected chi connectivity index (χ1v) is 6.10. The molecule has 1 aliphatic rings. The van der Waals surface area contributed by atoms with E-state index in [2.05, 4.69) is 35.7 Å². The lowest BCUT2D eigenvalue weighted by atomic mass is 10.1.